The molecule has 0 bridgehead atoms. The molecule has 0 aliphatic heterocycles. The smallest absolute Gasteiger partial charge is 0.255 e. The van der Waals surface area contributed by atoms with Gasteiger partial charge in [0, 0.05) is 37.2 Å². The fraction of sp³-hybridized carbons (Fsp3) is 0.214. The molecule has 5 nitrogen and oxygen atoms in total. The van der Waals surface area contributed by atoms with Gasteiger partial charge in [-0.05, 0) is 65.6 Å². The summed E-state index contributed by atoms with van der Waals surface area (Å²) in [4.78, 5) is 27.4. The van der Waals surface area contributed by atoms with Gasteiger partial charge in [-0.25, -0.2) is 4.39 Å². The molecular formula is C28H27FN2O3. The Morgan fingerprint density at radius 3 is 2.32 bits per heavy atom. The number of benzene rings is 3. The van der Waals surface area contributed by atoms with Crippen LogP contribution < -0.4 is 5.32 Å². The molecule has 3 aromatic carbocycles. The Kier molecular flexibility index (Phi) is 6.50. The number of furan rings is 1. The molecule has 174 valence electrons. The minimum atomic E-state index is -0.364. The molecule has 1 N–H and O–H groups in total. The molecule has 0 fully saturated rings. The first-order valence-electron chi connectivity index (χ1n) is 11.2. The highest BCUT2D eigenvalue weighted by Gasteiger charge is 2.22. The highest BCUT2D eigenvalue weighted by Crippen LogP contribution is 2.36. The van der Waals surface area contributed by atoms with Gasteiger partial charge in [0.25, 0.3) is 11.8 Å². The van der Waals surface area contributed by atoms with Crippen molar-refractivity contribution in [2.24, 2.45) is 5.92 Å². The van der Waals surface area contributed by atoms with E-state index in [4.69, 9.17) is 4.42 Å². The zero-order valence-corrected chi connectivity index (χ0v) is 19.7. The third kappa shape index (κ3) is 4.57. The van der Waals surface area contributed by atoms with Crippen LogP contribution in [0.15, 0.2) is 71.1 Å². The minimum absolute atomic E-state index is 0.0374. The molecule has 0 unspecified atom stereocenters. The van der Waals surface area contributed by atoms with Gasteiger partial charge in [-0.1, -0.05) is 32.0 Å². The SMILES string of the molecule is CNC(=O)c1c(-c2ccc(F)cc2)oc2ccc(-c3cccc(C(=O)N(C)CC(C)C)c3)cc12. The van der Waals surface area contributed by atoms with Crippen LogP contribution in [0.3, 0.4) is 0 Å². The first-order valence-corrected chi connectivity index (χ1v) is 11.2. The van der Waals surface area contributed by atoms with Gasteiger partial charge in [-0.3, -0.25) is 9.59 Å². The Labute approximate surface area is 198 Å². The topological polar surface area (TPSA) is 62.6 Å². The predicted molar refractivity (Wildman–Crippen MR) is 132 cm³/mol. The highest BCUT2D eigenvalue weighted by molar-refractivity contribution is 6.11. The Bertz CT molecular complexity index is 1360. The second-order valence-corrected chi connectivity index (χ2v) is 8.76. The van der Waals surface area contributed by atoms with Crippen LogP contribution in [0.2, 0.25) is 0 Å². The molecule has 34 heavy (non-hydrogen) atoms. The maximum absolute atomic E-state index is 13.4. The second-order valence-electron chi connectivity index (χ2n) is 8.76. The van der Waals surface area contributed by atoms with E-state index in [-0.39, 0.29) is 17.6 Å². The van der Waals surface area contributed by atoms with Crippen LogP contribution >= 0.6 is 0 Å². The summed E-state index contributed by atoms with van der Waals surface area (Å²) in [6.45, 7) is 4.82. The highest BCUT2D eigenvalue weighted by atomic mass is 19.1. The van der Waals surface area contributed by atoms with E-state index in [9.17, 15) is 14.0 Å². The average molecular weight is 459 g/mol. The predicted octanol–water partition coefficient (Wildman–Crippen LogP) is 5.99. The maximum Gasteiger partial charge on any atom is 0.255 e. The van der Waals surface area contributed by atoms with Gasteiger partial charge in [0.15, 0.2) is 0 Å². The second kappa shape index (κ2) is 9.51. The van der Waals surface area contributed by atoms with Gasteiger partial charge in [-0.2, -0.15) is 0 Å². The summed E-state index contributed by atoms with van der Waals surface area (Å²) in [7, 11) is 3.36. The van der Waals surface area contributed by atoms with Gasteiger partial charge < -0.3 is 14.6 Å². The first kappa shape index (κ1) is 23.2. The number of hydrogen-bond acceptors (Lipinski definition) is 3. The average Bonchev–Trinajstić information content (AvgIpc) is 3.22. The van der Waals surface area contributed by atoms with E-state index >= 15 is 0 Å². The molecule has 2 amide bonds. The lowest BCUT2D eigenvalue weighted by Crippen LogP contribution is -2.30. The van der Waals surface area contributed by atoms with Crippen LogP contribution in [0.25, 0.3) is 33.4 Å². The number of nitrogens with one attached hydrogen (secondary N) is 1. The lowest BCUT2D eigenvalue weighted by molar-refractivity contribution is 0.0779. The molecule has 0 saturated carbocycles. The van der Waals surface area contributed by atoms with Gasteiger partial charge in [0.1, 0.15) is 17.2 Å². The zero-order chi connectivity index (χ0) is 24.4. The van der Waals surface area contributed by atoms with Crippen LogP contribution in [0.4, 0.5) is 4.39 Å². The van der Waals surface area contributed by atoms with E-state index in [1.165, 1.54) is 12.1 Å². The Morgan fingerprint density at radius 1 is 0.971 bits per heavy atom. The van der Waals surface area contributed by atoms with E-state index in [1.807, 2.05) is 42.5 Å². The summed E-state index contributed by atoms with van der Waals surface area (Å²) in [6, 6.07) is 18.9. The van der Waals surface area contributed by atoms with Crippen molar-refractivity contribution in [3.05, 3.63) is 83.7 Å². The van der Waals surface area contributed by atoms with Crippen molar-refractivity contribution in [1.82, 2.24) is 10.2 Å². The van der Waals surface area contributed by atoms with Crippen LogP contribution in [0.5, 0.6) is 0 Å². The van der Waals surface area contributed by atoms with Gasteiger partial charge >= 0.3 is 0 Å². The van der Waals surface area contributed by atoms with Gasteiger partial charge in [0.05, 0.1) is 5.56 Å². The molecule has 0 aliphatic carbocycles. The van der Waals surface area contributed by atoms with Crippen molar-refractivity contribution in [3.8, 4) is 22.5 Å². The Morgan fingerprint density at radius 2 is 1.65 bits per heavy atom. The van der Waals surface area contributed by atoms with Gasteiger partial charge in [-0.15, -0.1) is 0 Å². The van der Waals surface area contributed by atoms with Crippen LogP contribution in [-0.2, 0) is 0 Å². The molecule has 4 rings (SSSR count). The number of carbonyl (C=O) groups excluding carboxylic acids is 2. The summed E-state index contributed by atoms with van der Waals surface area (Å²) < 4.78 is 19.5. The zero-order valence-electron chi connectivity index (χ0n) is 19.7. The van der Waals surface area contributed by atoms with Crippen LogP contribution in [-0.4, -0.2) is 37.4 Å². The molecule has 1 aromatic heterocycles. The number of hydrogen-bond donors (Lipinski definition) is 1. The van der Waals surface area contributed by atoms with E-state index in [0.29, 0.717) is 45.9 Å². The summed E-state index contributed by atoms with van der Waals surface area (Å²) in [5.74, 6) is 0.0564. The molecule has 6 heteroatoms. The van der Waals surface area contributed by atoms with Crippen molar-refractivity contribution in [3.63, 3.8) is 0 Å². The fourth-order valence-corrected chi connectivity index (χ4v) is 4.11. The monoisotopic (exact) mass is 458 g/mol. The van der Waals surface area contributed by atoms with Crippen LogP contribution in [0.1, 0.15) is 34.6 Å². The molecule has 0 radical (unpaired) electrons. The number of halogens is 1. The van der Waals surface area contributed by atoms with Crippen molar-refractivity contribution >= 4 is 22.8 Å². The van der Waals surface area contributed by atoms with Crippen molar-refractivity contribution in [1.29, 1.82) is 0 Å². The lowest BCUT2D eigenvalue weighted by Gasteiger charge is -2.19. The Balaban J connectivity index is 1.79. The number of carbonyl (C=O) groups is 2. The van der Waals surface area contributed by atoms with E-state index in [0.717, 1.165) is 11.1 Å². The third-order valence-electron chi connectivity index (χ3n) is 5.68. The van der Waals surface area contributed by atoms with E-state index in [2.05, 4.69) is 19.2 Å². The number of rotatable bonds is 6. The molecule has 4 aromatic rings. The summed E-state index contributed by atoms with van der Waals surface area (Å²) in [5, 5.41) is 3.31. The molecule has 0 saturated heterocycles. The third-order valence-corrected chi connectivity index (χ3v) is 5.68. The number of fused-ring (bicyclic) bond motifs is 1. The van der Waals surface area contributed by atoms with Crippen molar-refractivity contribution < 1.29 is 18.4 Å². The summed E-state index contributed by atoms with van der Waals surface area (Å²) in [6.07, 6.45) is 0. The van der Waals surface area contributed by atoms with Crippen molar-refractivity contribution in [2.45, 2.75) is 13.8 Å². The first-order chi connectivity index (χ1) is 16.3. The van der Waals surface area contributed by atoms with Crippen LogP contribution in [0, 0.1) is 11.7 Å². The lowest BCUT2D eigenvalue weighted by atomic mass is 9.98. The van der Waals surface area contributed by atoms with E-state index in [1.54, 1.807) is 31.1 Å². The molecule has 0 atom stereocenters. The quantitative estimate of drug-likeness (QED) is 0.386. The number of nitrogens with zero attached hydrogens (tertiary/aromatic N) is 1. The molecular weight excluding hydrogens is 431 g/mol. The maximum atomic E-state index is 13.4. The van der Waals surface area contributed by atoms with Crippen molar-refractivity contribution in [2.75, 3.05) is 20.6 Å². The largest absolute Gasteiger partial charge is 0.455 e. The fourth-order valence-electron chi connectivity index (χ4n) is 4.11. The van der Waals surface area contributed by atoms with Gasteiger partial charge in [0.2, 0.25) is 0 Å². The standard InChI is InChI=1S/C28H27FN2O3/c1-17(2)16-31(4)28(33)21-7-5-6-19(14-21)20-10-13-24-23(15-20)25(27(32)30-3)26(34-24)18-8-11-22(29)12-9-18/h5-15,17H,16H2,1-4H3,(H,30,32). The molecule has 0 spiro atoms. The normalized spacial score (nSPS) is 11.1. The van der Waals surface area contributed by atoms with E-state index < -0.39 is 0 Å². The molecule has 1 heterocycles. The molecule has 0 aliphatic rings. The minimum Gasteiger partial charge on any atom is -0.455 e. The number of amides is 2. The summed E-state index contributed by atoms with van der Waals surface area (Å²) >= 11 is 0. The Hall–Kier alpha value is -3.93. The summed E-state index contributed by atoms with van der Waals surface area (Å²) in [5.41, 5.74) is 3.86.